The second-order valence-corrected chi connectivity index (χ2v) is 7.45. The first-order valence-corrected chi connectivity index (χ1v) is 9.27. The zero-order valence-electron chi connectivity index (χ0n) is 12.2. The first kappa shape index (κ1) is 17.6. The molecule has 1 fully saturated rings. The monoisotopic (exact) mass is 350 g/mol. The summed E-state index contributed by atoms with van der Waals surface area (Å²) in [6.07, 6.45) is 7.75. The number of hydrogen-bond acceptors (Lipinski definition) is 4. The van der Waals surface area contributed by atoms with Gasteiger partial charge in [0.15, 0.2) is 11.0 Å². The molecule has 1 heterocycles. The van der Waals surface area contributed by atoms with E-state index in [2.05, 4.69) is 9.71 Å². The summed E-state index contributed by atoms with van der Waals surface area (Å²) in [5, 5.41) is -0.347. The van der Waals surface area contributed by atoms with Gasteiger partial charge in [-0.2, -0.15) is 0 Å². The Balaban J connectivity index is 1.74. The highest BCUT2D eigenvalue weighted by Crippen LogP contribution is 2.20. The third-order valence-corrected chi connectivity index (χ3v) is 5.31. The van der Waals surface area contributed by atoms with Crippen LogP contribution in [0.2, 0.25) is 5.15 Å². The largest absolute Gasteiger partial charge is 0.378 e. The van der Waals surface area contributed by atoms with Crippen molar-refractivity contribution in [1.29, 1.82) is 0 Å². The van der Waals surface area contributed by atoms with Crippen LogP contribution in [0.25, 0.3) is 0 Å². The quantitative estimate of drug-likeness (QED) is 0.606. The van der Waals surface area contributed by atoms with Crippen LogP contribution in [0.5, 0.6) is 0 Å². The molecular formula is C14H20ClFN2O3S. The summed E-state index contributed by atoms with van der Waals surface area (Å²) in [6.45, 7) is 0.750. The molecule has 1 aliphatic rings. The molecule has 22 heavy (non-hydrogen) atoms. The molecule has 2 rings (SSSR count). The van der Waals surface area contributed by atoms with E-state index in [-0.39, 0.29) is 16.6 Å². The predicted molar refractivity (Wildman–Crippen MR) is 81.8 cm³/mol. The number of ether oxygens (including phenoxy) is 1. The van der Waals surface area contributed by atoms with Gasteiger partial charge in [0.05, 0.1) is 6.10 Å². The van der Waals surface area contributed by atoms with Crippen molar-refractivity contribution in [3.05, 3.63) is 23.2 Å². The molecule has 1 N–H and O–H groups in total. The van der Waals surface area contributed by atoms with Crippen molar-refractivity contribution >= 4 is 21.6 Å². The Labute approximate surface area is 135 Å². The number of rotatable bonds is 7. The average molecular weight is 351 g/mol. The third kappa shape index (κ3) is 5.15. The van der Waals surface area contributed by atoms with Crippen LogP contribution >= 0.6 is 11.6 Å². The van der Waals surface area contributed by atoms with E-state index in [9.17, 15) is 12.8 Å². The minimum absolute atomic E-state index is 0.234. The van der Waals surface area contributed by atoms with Crippen molar-refractivity contribution in [1.82, 2.24) is 9.71 Å². The van der Waals surface area contributed by atoms with Crippen molar-refractivity contribution in [2.24, 2.45) is 0 Å². The summed E-state index contributed by atoms with van der Waals surface area (Å²) in [4.78, 5) is 3.26. The van der Waals surface area contributed by atoms with Crippen LogP contribution in [0.15, 0.2) is 17.2 Å². The van der Waals surface area contributed by atoms with Crippen molar-refractivity contribution in [3.8, 4) is 0 Å². The van der Waals surface area contributed by atoms with Crippen LogP contribution in [-0.2, 0) is 14.8 Å². The molecule has 0 spiro atoms. The Morgan fingerprint density at radius 1 is 1.36 bits per heavy atom. The Hall–Kier alpha value is -0.760. The lowest BCUT2D eigenvalue weighted by molar-refractivity contribution is 0.0278. The number of nitrogens with zero attached hydrogens (tertiary/aromatic N) is 1. The lowest BCUT2D eigenvalue weighted by Crippen LogP contribution is -2.26. The Bertz CT molecular complexity index is 592. The first-order valence-electron chi connectivity index (χ1n) is 7.41. The normalized spacial score (nSPS) is 16.8. The van der Waals surface area contributed by atoms with Crippen LogP contribution in [0.3, 0.4) is 0 Å². The second kappa shape index (κ2) is 8.19. The highest BCUT2D eigenvalue weighted by atomic mass is 35.5. The summed E-state index contributed by atoms with van der Waals surface area (Å²) >= 11 is 5.43. The molecule has 0 unspecified atom stereocenters. The van der Waals surface area contributed by atoms with Crippen LogP contribution in [0.1, 0.15) is 38.5 Å². The molecule has 124 valence electrons. The minimum atomic E-state index is -3.77. The molecule has 0 atom stereocenters. The number of hydrogen-bond donors (Lipinski definition) is 1. The number of pyridine rings is 1. The van der Waals surface area contributed by atoms with E-state index >= 15 is 0 Å². The molecular weight excluding hydrogens is 331 g/mol. The van der Waals surface area contributed by atoms with Gasteiger partial charge >= 0.3 is 0 Å². The fraction of sp³-hybridized carbons (Fsp3) is 0.643. The number of nitrogens with one attached hydrogen (secondary N) is 1. The molecule has 0 saturated heterocycles. The summed E-state index contributed by atoms with van der Waals surface area (Å²) in [5.74, 6) is -0.856. The maximum Gasteiger partial charge on any atom is 0.242 e. The maximum atomic E-state index is 13.3. The van der Waals surface area contributed by atoms with E-state index in [1.54, 1.807) is 0 Å². The van der Waals surface area contributed by atoms with Gasteiger partial charge in [-0.25, -0.2) is 22.5 Å². The molecule has 5 nitrogen and oxygen atoms in total. The SMILES string of the molecule is O=S(=O)(NCCCOC1CCCCC1)c1cnc(Cl)c(F)c1. The molecule has 0 bridgehead atoms. The van der Waals surface area contributed by atoms with E-state index in [1.165, 1.54) is 19.3 Å². The molecule has 0 aliphatic heterocycles. The third-order valence-electron chi connectivity index (χ3n) is 3.60. The van der Waals surface area contributed by atoms with Gasteiger partial charge in [-0.05, 0) is 25.3 Å². The lowest BCUT2D eigenvalue weighted by Gasteiger charge is -2.21. The van der Waals surface area contributed by atoms with Crippen LogP contribution in [-0.4, -0.2) is 32.7 Å². The topological polar surface area (TPSA) is 68.3 Å². The standard InChI is InChI=1S/C14H20ClFN2O3S/c15-14-13(16)9-12(10-17-14)22(19,20)18-7-4-8-21-11-5-2-1-3-6-11/h9-11,18H,1-8H2. The molecule has 1 aromatic heterocycles. The lowest BCUT2D eigenvalue weighted by atomic mass is 9.98. The average Bonchev–Trinajstić information content (AvgIpc) is 2.50. The highest BCUT2D eigenvalue weighted by molar-refractivity contribution is 7.89. The maximum absolute atomic E-state index is 13.3. The Morgan fingerprint density at radius 3 is 2.77 bits per heavy atom. The van der Waals surface area contributed by atoms with E-state index in [0.29, 0.717) is 19.1 Å². The molecule has 0 radical (unpaired) electrons. The Kier molecular flexibility index (Phi) is 6.55. The van der Waals surface area contributed by atoms with Crippen LogP contribution < -0.4 is 4.72 Å². The van der Waals surface area contributed by atoms with Gasteiger partial charge in [-0.1, -0.05) is 30.9 Å². The summed E-state index contributed by atoms with van der Waals surface area (Å²) in [7, 11) is -3.77. The summed E-state index contributed by atoms with van der Waals surface area (Å²) in [6, 6.07) is 0.857. The number of aromatic nitrogens is 1. The fourth-order valence-corrected chi connectivity index (χ4v) is 3.53. The van der Waals surface area contributed by atoms with Gasteiger partial charge in [0.2, 0.25) is 10.0 Å². The van der Waals surface area contributed by atoms with E-state index in [1.807, 2.05) is 0 Å². The van der Waals surface area contributed by atoms with E-state index in [4.69, 9.17) is 16.3 Å². The zero-order chi connectivity index (χ0) is 16.0. The van der Waals surface area contributed by atoms with Crippen molar-refractivity contribution in [3.63, 3.8) is 0 Å². The molecule has 1 aromatic rings. The van der Waals surface area contributed by atoms with Gasteiger partial charge in [0.25, 0.3) is 0 Å². The zero-order valence-corrected chi connectivity index (χ0v) is 13.8. The van der Waals surface area contributed by atoms with E-state index in [0.717, 1.165) is 25.1 Å². The highest BCUT2D eigenvalue weighted by Gasteiger charge is 2.17. The molecule has 1 saturated carbocycles. The van der Waals surface area contributed by atoms with Gasteiger partial charge in [-0.3, -0.25) is 0 Å². The number of sulfonamides is 1. The van der Waals surface area contributed by atoms with E-state index < -0.39 is 15.8 Å². The van der Waals surface area contributed by atoms with Gasteiger partial charge in [0, 0.05) is 19.3 Å². The van der Waals surface area contributed by atoms with Gasteiger partial charge in [0.1, 0.15) is 4.90 Å². The van der Waals surface area contributed by atoms with Gasteiger partial charge < -0.3 is 4.74 Å². The van der Waals surface area contributed by atoms with Crippen molar-refractivity contribution in [2.45, 2.75) is 49.5 Å². The van der Waals surface area contributed by atoms with Crippen molar-refractivity contribution < 1.29 is 17.5 Å². The predicted octanol–water partition coefficient (Wildman–Crippen LogP) is 2.89. The Morgan fingerprint density at radius 2 is 2.09 bits per heavy atom. The summed E-state index contributed by atoms with van der Waals surface area (Å²) in [5.41, 5.74) is 0. The smallest absolute Gasteiger partial charge is 0.242 e. The second-order valence-electron chi connectivity index (χ2n) is 5.33. The van der Waals surface area contributed by atoms with Crippen LogP contribution in [0, 0.1) is 5.82 Å². The van der Waals surface area contributed by atoms with Gasteiger partial charge in [-0.15, -0.1) is 0 Å². The number of halogens is 2. The van der Waals surface area contributed by atoms with Crippen LogP contribution in [0.4, 0.5) is 4.39 Å². The minimum Gasteiger partial charge on any atom is -0.378 e. The van der Waals surface area contributed by atoms with Crippen molar-refractivity contribution in [2.75, 3.05) is 13.2 Å². The molecule has 0 amide bonds. The fourth-order valence-electron chi connectivity index (χ4n) is 2.39. The molecule has 1 aliphatic carbocycles. The first-order chi connectivity index (χ1) is 10.5. The molecule has 8 heteroatoms. The molecule has 0 aromatic carbocycles. The summed E-state index contributed by atoms with van der Waals surface area (Å²) < 4.78 is 45.3.